The highest BCUT2D eigenvalue weighted by Gasteiger charge is 2.44. The molecule has 0 bridgehead atoms. The van der Waals surface area contributed by atoms with Gasteiger partial charge in [0.05, 0.1) is 0 Å². The molecule has 1 saturated carbocycles. The van der Waals surface area contributed by atoms with E-state index < -0.39 is 35.0 Å². The largest absolute Gasteiger partial charge is 0.499 e. The zero-order valence-corrected chi connectivity index (χ0v) is 9.96. The third-order valence-corrected chi connectivity index (χ3v) is 2.96. The van der Waals surface area contributed by atoms with E-state index in [1.165, 1.54) is 0 Å². The first-order valence-corrected chi connectivity index (χ1v) is 5.62. The number of aliphatic hydroxyl groups is 2. The lowest BCUT2D eigenvalue weighted by Gasteiger charge is -2.32. The maximum Gasteiger partial charge on any atom is 0.378 e. The summed E-state index contributed by atoms with van der Waals surface area (Å²) in [6, 6.07) is 0. The van der Waals surface area contributed by atoms with Gasteiger partial charge in [-0.3, -0.25) is 0 Å². The van der Waals surface area contributed by atoms with E-state index in [1.807, 2.05) is 0 Å². The molecule has 0 unspecified atom stereocenters. The molecule has 8 heteroatoms. The molecule has 1 aliphatic rings. The lowest BCUT2D eigenvalue weighted by molar-refractivity contribution is -0.182. The molecule has 1 aliphatic carbocycles. The van der Waals surface area contributed by atoms with Crippen molar-refractivity contribution in [1.29, 1.82) is 0 Å². The average molecular weight is 274 g/mol. The summed E-state index contributed by atoms with van der Waals surface area (Å²) >= 11 is 0. The van der Waals surface area contributed by atoms with Crippen molar-refractivity contribution < 1.29 is 39.5 Å². The fraction of sp³-hybridized carbons (Fsp3) is 0.545. The zero-order valence-electron chi connectivity index (χ0n) is 9.96. The second kappa shape index (κ2) is 5.59. The summed E-state index contributed by atoms with van der Waals surface area (Å²) in [4.78, 5) is 33.0. The van der Waals surface area contributed by atoms with Crippen molar-refractivity contribution in [2.75, 3.05) is 0 Å². The number of aliphatic hydroxyl groups excluding tert-OH is 2. The number of carboxylic acids is 2. The van der Waals surface area contributed by atoms with Crippen molar-refractivity contribution in [3.63, 3.8) is 0 Å². The van der Waals surface area contributed by atoms with Gasteiger partial charge < -0.3 is 25.2 Å². The van der Waals surface area contributed by atoms with E-state index in [0.29, 0.717) is 12.8 Å². The van der Waals surface area contributed by atoms with Gasteiger partial charge in [-0.15, -0.1) is 0 Å². The molecular formula is C11H14O8. The first-order chi connectivity index (χ1) is 8.80. The van der Waals surface area contributed by atoms with Gasteiger partial charge in [-0.1, -0.05) is 6.42 Å². The van der Waals surface area contributed by atoms with Crippen LogP contribution in [0.5, 0.6) is 0 Å². The number of carbonyl (C=O) groups excluding carboxylic acids is 1. The van der Waals surface area contributed by atoms with Crippen molar-refractivity contribution in [2.24, 2.45) is 0 Å². The van der Waals surface area contributed by atoms with Gasteiger partial charge in [-0.25, -0.2) is 14.4 Å². The molecule has 0 aromatic rings. The summed E-state index contributed by atoms with van der Waals surface area (Å²) in [6.07, 6.45) is 2.03. The summed E-state index contributed by atoms with van der Waals surface area (Å²) in [6.45, 7) is 0. The quantitative estimate of drug-likeness (QED) is 0.334. The van der Waals surface area contributed by atoms with Crippen molar-refractivity contribution in [3.8, 4) is 0 Å². The Morgan fingerprint density at radius 3 is 1.79 bits per heavy atom. The number of rotatable bonds is 4. The Balaban J connectivity index is 2.92. The van der Waals surface area contributed by atoms with Crippen LogP contribution in [0, 0.1) is 0 Å². The van der Waals surface area contributed by atoms with E-state index in [-0.39, 0.29) is 12.8 Å². The SMILES string of the molecule is O=C(O)/C(O)=C(\O)C(=O)OC1(C(=O)O)CCCCC1. The van der Waals surface area contributed by atoms with Gasteiger partial charge in [-0.05, 0) is 25.7 Å². The summed E-state index contributed by atoms with van der Waals surface area (Å²) in [5.74, 6) is -7.94. The Morgan fingerprint density at radius 1 is 0.842 bits per heavy atom. The smallest absolute Gasteiger partial charge is 0.378 e. The highest BCUT2D eigenvalue weighted by atomic mass is 16.6. The fourth-order valence-corrected chi connectivity index (χ4v) is 1.91. The molecule has 0 radical (unpaired) electrons. The highest BCUT2D eigenvalue weighted by molar-refractivity contribution is 5.97. The van der Waals surface area contributed by atoms with Crippen molar-refractivity contribution in [2.45, 2.75) is 37.7 Å². The predicted molar refractivity (Wildman–Crippen MR) is 59.5 cm³/mol. The molecule has 0 spiro atoms. The van der Waals surface area contributed by atoms with E-state index in [2.05, 4.69) is 0 Å². The number of carbonyl (C=O) groups is 3. The molecule has 19 heavy (non-hydrogen) atoms. The van der Waals surface area contributed by atoms with Gasteiger partial charge >= 0.3 is 17.9 Å². The molecule has 106 valence electrons. The van der Waals surface area contributed by atoms with Crippen molar-refractivity contribution in [1.82, 2.24) is 0 Å². The zero-order chi connectivity index (χ0) is 14.6. The van der Waals surface area contributed by atoms with Gasteiger partial charge in [0.15, 0.2) is 0 Å². The summed E-state index contributed by atoms with van der Waals surface area (Å²) in [5.41, 5.74) is -1.78. The molecule has 1 fully saturated rings. The van der Waals surface area contributed by atoms with Crippen LogP contribution in [0.4, 0.5) is 0 Å². The van der Waals surface area contributed by atoms with Gasteiger partial charge in [0, 0.05) is 0 Å². The maximum absolute atomic E-state index is 11.5. The van der Waals surface area contributed by atoms with Crippen molar-refractivity contribution in [3.05, 3.63) is 11.5 Å². The van der Waals surface area contributed by atoms with Crippen molar-refractivity contribution >= 4 is 17.9 Å². The minimum Gasteiger partial charge on any atom is -0.499 e. The molecule has 0 amide bonds. The Kier molecular flexibility index (Phi) is 4.36. The first kappa shape index (κ1) is 14.8. The third-order valence-electron chi connectivity index (χ3n) is 2.96. The van der Waals surface area contributed by atoms with Crippen LogP contribution in [0.15, 0.2) is 11.5 Å². The summed E-state index contributed by atoms with van der Waals surface area (Å²) in [7, 11) is 0. The number of ether oxygens (including phenoxy) is 1. The van der Waals surface area contributed by atoms with Crippen LogP contribution >= 0.6 is 0 Å². The van der Waals surface area contributed by atoms with Crippen LogP contribution in [0.1, 0.15) is 32.1 Å². The second-order valence-electron chi connectivity index (χ2n) is 4.25. The second-order valence-corrected chi connectivity index (χ2v) is 4.25. The van der Waals surface area contributed by atoms with E-state index in [9.17, 15) is 14.4 Å². The number of hydrogen-bond donors (Lipinski definition) is 4. The molecule has 8 nitrogen and oxygen atoms in total. The maximum atomic E-state index is 11.5. The van der Waals surface area contributed by atoms with Crippen LogP contribution in [-0.2, 0) is 19.1 Å². The van der Waals surface area contributed by atoms with Crippen LogP contribution in [0.3, 0.4) is 0 Å². The van der Waals surface area contributed by atoms with Gasteiger partial charge in [0.1, 0.15) is 0 Å². The molecule has 0 atom stereocenters. The normalized spacial score (nSPS) is 19.2. The predicted octanol–water partition coefficient (Wildman–Crippen LogP) is 0.729. The highest BCUT2D eigenvalue weighted by Crippen LogP contribution is 2.32. The Hall–Kier alpha value is -2.25. The van der Waals surface area contributed by atoms with Crippen LogP contribution in [0.25, 0.3) is 0 Å². The van der Waals surface area contributed by atoms with Crippen LogP contribution in [-0.4, -0.2) is 43.9 Å². The van der Waals surface area contributed by atoms with E-state index in [4.69, 9.17) is 25.2 Å². The van der Waals surface area contributed by atoms with Gasteiger partial charge in [0.25, 0.3) is 11.5 Å². The monoisotopic (exact) mass is 274 g/mol. The summed E-state index contributed by atoms with van der Waals surface area (Å²) in [5, 5.41) is 35.6. The minimum absolute atomic E-state index is 0.0786. The third kappa shape index (κ3) is 3.15. The molecule has 0 aromatic heterocycles. The van der Waals surface area contributed by atoms with Gasteiger partial charge in [-0.2, -0.15) is 0 Å². The fourth-order valence-electron chi connectivity index (χ4n) is 1.91. The number of hydrogen-bond acceptors (Lipinski definition) is 6. The standard InChI is InChI=1S/C11H14O8/c12-6(8(14)15)7(13)9(16)19-11(10(17)18)4-2-1-3-5-11/h12-13H,1-5H2,(H,14,15)(H,17,18)/b7-6+. The number of carboxylic acid groups (broad SMARTS) is 2. The van der Waals surface area contributed by atoms with E-state index in [0.717, 1.165) is 6.42 Å². The molecule has 0 saturated heterocycles. The first-order valence-electron chi connectivity index (χ1n) is 5.62. The van der Waals surface area contributed by atoms with E-state index >= 15 is 0 Å². The van der Waals surface area contributed by atoms with E-state index in [1.54, 1.807) is 0 Å². The van der Waals surface area contributed by atoms with Crippen LogP contribution in [0.2, 0.25) is 0 Å². The molecule has 0 aromatic carbocycles. The Morgan fingerprint density at radius 2 is 1.37 bits per heavy atom. The number of aliphatic carboxylic acids is 2. The number of esters is 1. The topological polar surface area (TPSA) is 141 Å². The van der Waals surface area contributed by atoms with Gasteiger partial charge in [0.2, 0.25) is 5.60 Å². The Bertz CT molecular complexity index is 430. The summed E-state index contributed by atoms with van der Waals surface area (Å²) < 4.78 is 4.70. The average Bonchev–Trinajstić information content (AvgIpc) is 2.37. The molecular weight excluding hydrogens is 260 g/mol. The molecule has 1 rings (SSSR count). The molecule has 0 heterocycles. The molecule has 0 aliphatic heterocycles. The van der Waals surface area contributed by atoms with Crippen LogP contribution < -0.4 is 0 Å². The molecule has 4 N–H and O–H groups in total. The lowest BCUT2D eigenvalue weighted by atomic mass is 9.84. The Labute approximate surface area is 107 Å². The lowest BCUT2D eigenvalue weighted by Crippen LogP contribution is -2.45. The minimum atomic E-state index is -1.91.